The van der Waals surface area contributed by atoms with Crippen molar-refractivity contribution in [2.24, 2.45) is 0 Å². The molecule has 0 aromatic heterocycles. The highest BCUT2D eigenvalue weighted by Gasteiger charge is 2.21. The van der Waals surface area contributed by atoms with E-state index < -0.39 is 0 Å². The second-order valence-electron chi connectivity index (χ2n) is 5.85. The van der Waals surface area contributed by atoms with Crippen molar-refractivity contribution in [3.63, 3.8) is 0 Å². The number of carbonyl (C=O) groups excluding carboxylic acids is 2. The molecule has 2 rings (SSSR count). The van der Waals surface area contributed by atoms with Crippen molar-refractivity contribution in [2.45, 2.75) is 51.5 Å². The molecule has 21 heavy (non-hydrogen) atoms. The molecule has 1 aromatic carbocycles. The van der Waals surface area contributed by atoms with Crippen LogP contribution in [0.2, 0.25) is 0 Å². The van der Waals surface area contributed by atoms with Gasteiger partial charge < -0.3 is 10.2 Å². The molecule has 0 saturated heterocycles. The van der Waals surface area contributed by atoms with Crippen LogP contribution in [0.25, 0.3) is 0 Å². The summed E-state index contributed by atoms with van der Waals surface area (Å²) in [5, 5.41) is 2.73. The van der Waals surface area contributed by atoms with E-state index in [-0.39, 0.29) is 11.8 Å². The third-order valence-corrected chi connectivity index (χ3v) is 4.15. The molecule has 0 atom stereocenters. The van der Waals surface area contributed by atoms with Crippen LogP contribution in [0.1, 0.15) is 44.6 Å². The van der Waals surface area contributed by atoms with Crippen LogP contribution in [0.4, 0.5) is 5.69 Å². The molecular weight excluding hydrogens is 264 g/mol. The summed E-state index contributed by atoms with van der Waals surface area (Å²) in [6, 6.07) is 7.88. The normalized spacial score (nSPS) is 15.5. The first kappa shape index (κ1) is 15.5. The monoisotopic (exact) mass is 288 g/mol. The fraction of sp³-hybridized carbons (Fsp3) is 0.529. The van der Waals surface area contributed by atoms with Crippen LogP contribution in [0, 0.1) is 0 Å². The minimum Gasteiger partial charge on any atom is -0.342 e. The number of anilines is 1. The van der Waals surface area contributed by atoms with Gasteiger partial charge in [0.05, 0.1) is 6.42 Å². The van der Waals surface area contributed by atoms with Crippen molar-refractivity contribution < 1.29 is 9.59 Å². The number of likely N-dealkylation sites (N-methyl/N-ethyl adjacent to an activating group) is 1. The Morgan fingerprint density at radius 3 is 2.33 bits per heavy atom. The van der Waals surface area contributed by atoms with Crippen molar-refractivity contribution in [3.05, 3.63) is 29.8 Å². The summed E-state index contributed by atoms with van der Waals surface area (Å²) < 4.78 is 0. The van der Waals surface area contributed by atoms with Crippen molar-refractivity contribution >= 4 is 17.5 Å². The van der Waals surface area contributed by atoms with Gasteiger partial charge in [-0.15, -0.1) is 0 Å². The Kier molecular flexibility index (Phi) is 5.37. The first-order valence-electron chi connectivity index (χ1n) is 7.68. The zero-order valence-corrected chi connectivity index (χ0v) is 12.9. The molecule has 114 valence electrons. The number of rotatable bonds is 4. The summed E-state index contributed by atoms with van der Waals surface area (Å²) in [4.78, 5) is 25.2. The smallest absolute Gasteiger partial charge is 0.226 e. The maximum atomic E-state index is 12.3. The Hall–Kier alpha value is -1.84. The van der Waals surface area contributed by atoms with E-state index in [0.29, 0.717) is 12.5 Å². The molecule has 0 spiro atoms. The Bertz CT molecular complexity index is 490. The number of amides is 2. The molecule has 0 heterocycles. The first-order valence-corrected chi connectivity index (χ1v) is 7.68. The summed E-state index contributed by atoms with van der Waals surface area (Å²) in [7, 11) is 1.92. The van der Waals surface area contributed by atoms with Crippen LogP contribution in [0.15, 0.2) is 24.3 Å². The SMILES string of the molecule is CC(=O)Nc1ccc(CC(=O)N(C)C2CCCCC2)cc1. The molecule has 0 radical (unpaired) electrons. The zero-order valence-electron chi connectivity index (χ0n) is 12.9. The van der Waals surface area contributed by atoms with Gasteiger partial charge in [0, 0.05) is 25.7 Å². The van der Waals surface area contributed by atoms with Crippen LogP contribution >= 0.6 is 0 Å². The third-order valence-electron chi connectivity index (χ3n) is 4.15. The fourth-order valence-electron chi connectivity index (χ4n) is 2.88. The van der Waals surface area contributed by atoms with E-state index in [2.05, 4.69) is 5.32 Å². The Labute approximate surface area is 126 Å². The quantitative estimate of drug-likeness (QED) is 0.926. The Balaban J connectivity index is 1.90. The summed E-state index contributed by atoms with van der Waals surface area (Å²) >= 11 is 0. The van der Waals surface area contributed by atoms with E-state index >= 15 is 0 Å². The molecule has 2 amide bonds. The van der Waals surface area contributed by atoms with Gasteiger partial charge in [0.15, 0.2) is 0 Å². The van der Waals surface area contributed by atoms with E-state index in [0.717, 1.165) is 24.1 Å². The number of benzene rings is 1. The fourth-order valence-corrected chi connectivity index (χ4v) is 2.88. The lowest BCUT2D eigenvalue weighted by Gasteiger charge is -2.31. The van der Waals surface area contributed by atoms with Gasteiger partial charge in [0.25, 0.3) is 0 Å². The molecule has 1 N–H and O–H groups in total. The predicted octanol–water partition coefficient (Wildman–Crippen LogP) is 2.98. The summed E-state index contributed by atoms with van der Waals surface area (Å²) in [6.45, 7) is 1.48. The van der Waals surface area contributed by atoms with Gasteiger partial charge in [-0.2, -0.15) is 0 Å². The summed E-state index contributed by atoms with van der Waals surface area (Å²) in [6.07, 6.45) is 6.44. The average molecular weight is 288 g/mol. The van der Waals surface area contributed by atoms with Gasteiger partial charge in [-0.05, 0) is 30.5 Å². The molecule has 4 nitrogen and oxygen atoms in total. The van der Waals surface area contributed by atoms with Gasteiger partial charge in [-0.1, -0.05) is 31.4 Å². The van der Waals surface area contributed by atoms with Gasteiger partial charge in [0.1, 0.15) is 0 Å². The molecule has 1 aromatic rings. The summed E-state index contributed by atoms with van der Waals surface area (Å²) in [5.74, 6) is 0.0880. The van der Waals surface area contributed by atoms with Crippen LogP contribution in [0.3, 0.4) is 0 Å². The highest BCUT2D eigenvalue weighted by molar-refractivity contribution is 5.88. The number of nitrogens with one attached hydrogen (secondary N) is 1. The van der Waals surface area contributed by atoms with Crippen LogP contribution in [-0.2, 0) is 16.0 Å². The molecule has 1 aliphatic rings. The predicted molar refractivity (Wildman–Crippen MR) is 84.1 cm³/mol. The van der Waals surface area contributed by atoms with Gasteiger partial charge in [-0.3, -0.25) is 9.59 Å². The lowest BCUT2D eigenvalue weighted by molar-refractivity contribution is -0.131. The lowest BCUT2D eigenvalue weighted by Crippen LogP contribution is -2.39. The number of hydrogen-bond donors (Lipinski definition) is 1. The van der Waals surface area contributed by atoms with E-state index in [1.165, 1.54) is 26.2 Å². The van der Waals surface area contributed by atoms with E-state index in [4.69, 9.17) is 0 Å². The first-order chi connectivity index (χ1) is 10.1. The van der Waals surface area contributed by atoms with E-state index in [1.54, 1.807) is 0 Å². The average Bonchev–Trinajstić information content (AvgIpc) is 2.49. The van der Waals surface area contributed by atoms with Gasteiger partial charge >= 0.3 is 0 Å². The highest BCUT2D eigenvalue weighted by atomic mass is 16.2. The molecular formula is C17H24N2O2. The topological polar surface area (TPSA) is 49.4 Å². The van der Waals surface area contributed by atoms with Crippen molar-refractivity contribution in [1.82, 2.24) is 4.90 Å². The maximum Gasteiger partial charge on any atom is 0.226 e. The molecule has 1 saturated carbocycles. The minimum absolute atomic E-state index is 0.0872. The van der Waals surface area contributed by atoms with Crippen LogP contribution in [0.5, 0.6) is 0 Å². The van der Waals surface area contributed by atoms with Crippen LogP contribution < -0.4 is 5.32 Å². The molecule has 4 heteroatoms. The maximum absolute atomic E-state index is 12.3. The number of carbonyl (C=O) groups is 2. The van der Waals surface area contributed by atoms with E-state index in [9.17, 15) is 9.59 Å². The second kappa shape index (κ2) is 7.25. The van der Waals surface area contributed by atoms with Gasteiger partial charge in [0.2, 0.25) is 11.8 Å². The van der Waals surface area contributed by atoms with Crippen molar-refractivity contribution in [1.29, 1.82) is 0 Å². The Morgan fingerprint density at radius 1 is 1.14 bits per heavy atom. The molecule has 1 aliphatic carbocycles. The minimum atomic E-state index is -0.0872. The van der Waals surface area contributed by atoms with Crippen LogP contribution in [-0.4, -0.2) is 29.8 Å². The molecule has 0 unspecified atom stereocenters. The van der Waals surface area contributed by atoms with Crippen molar-refractivity contribution in [2.75, 3.05) is 12.4 Å². The zero-order chi connectivity index (χ0) is 15.2. The largest absolute Gasteiger partial charge is 0.342 e. The lowest BCUT2D eigenvalue weighted by atomic mass is 9.94. The Morgan fingerprint density at radius 2 is 1.76 bits per heavy atom. The molecule has 1 fully saturated rings. The van der Waals surface area contributed by atoms with Gasteiger partial charge in [-0.25, -0.2) is 0 Å². The number of nitrogens with zero attached hydrogens (tertiary/aromatic N) is 1. The van der Waals surface area contributed by atoms with E-state index in [1.807, 2.05) is 36.2 Å². The summed E-state index contributed by atoms with van der Waals surface area (Å²) in [5.41, 5.74) is 1.75. The third kappa shape index (κ3) is 4.59. The molecule has 0 bridgehead atoms. The molecule has 0 aliphatic heterocycles. The number of hydrogen-bond acceptors (Lipinski definition) is 2. The highest BCUT2D eigenvalue weighted by Crippen LogP contribution is 2.22. The standard InChI is InChI=1S/C17H24N2O2/c1-13(20)18-15-10-8-14(9-11-15)12-17(21)19(2)16-6-4-3-5-7-16/h8-11,16H,3-7,12H2,1-2H3,(H,18,20). The second-order valence-corrected chi connectivity index (χ2v) is 5.85. The van der Waals surface area contributed by atoms with Crippen molar-refractivity contribution in [3.8, 4) is 0 Å².